The highest BCUT2D eigenvalue weighted by atomic mass is 31.2. The summed E-state index contributed by atoms with van der Waals surface area (Å²) in [6.45, 7) is 7.09. The summed E-state index contributed by atoms with van der Waals surface area (Å²) < 4.78 is 15.9. The average molecular weight is 146 g/mol. The highest BCUT2D eigenvalue weighted by Gasteiger charge is 2.07. The molecule has 3 heteroatoms. The third-order valence-electron chi connectivity index (χ3n) is 0.711. The van der Waals surface area contributed by atoms with Crippen molar-refractivity contribution in [3.63, 3.8) is 0 Å². The second-order valence-electron chi connectivity index (χ2n) is 1.66. The molecular weight excluding hydrogens is 135 g/mol. The SMILES string of the molecule is C=C=CP(C)(=O)OCC. The second kappa shape index (κ2) is 3.68. The van der Waals surface area contributed by atoms with Crippen LogP contribution in [0.5, 0.6) is 0 Å². The molecule has 0 radical (unpaired) electrons. The zero-order valence-electron chi connectivity index (χ0n) is 5.76. The van der Waals surface area contributed by atoms with Crippen LogP contribution >= 0.6 is 7.37 Å². The van der Waals surface area contributed by atoms with Crippen LogP contribution in [-0.2, 0) is 9.09 Å². The fourth-order valence-electron chi connectivity index (χ4n) is 0.459. The number of rotatable bonds is 3. The summed E-state index contributed by atoms with van der Waals surface area (Å²) in [5.41, 5.74) is 2.43. The van der Waals surface area contributed by atoms with Gasteiger partial charge in [-0.3, -0.25) is 4.57 Å². The molecule has 0 aromatic heterocycles. The van der Waals surface area contributed by atoms with Gasteiger partial charge in [-0.05, 0) is 6.92 Å². The molecule has 0 fully saturated rings. The Bertz CT molecular complexity index is 168. The van der Waals surface area contributed by atoms with Crippen LogP contribution < -0.4 is 0 Å². The van der Waals surface area contributed by atoms with E-state index in [-0.39, 0.29) is 0 Å². The molecule has 0 N–H and O–H groups in total. The smallest absolute Gasteiger partial charge is 0.229 e. The van der Waals surface area contributed by atoms with Crippen LogP contribution in [0, 0.1) is 0 Å². The molecule has 2 nitrogen and oxygen atoms in total. The quantitative estimate of drug-likeness (QED) is 0.450. The van der Waals surface area contributed by atoms with Crippen LogP contribution in [0.15, 0.2) is 18.1 Å². The minimum atomic E-state index is -2.49. The predicted molar refractivity (Wildman–Crippen MR) is 38.9 cm³/mol. The Morgan fingerprint density at radius 2 is 2.44 bits per heavy atom. The van der Waals surface area contributed by atoms with Gasteiger partial charge in [-0.2, -0.15) is 0 Å². The largest absolute Gasteiger partial charge is 0.326 e. The van der Waals surface area contributed by atoms with Crippen molar-refractivity contribution in [2.45, 2.75) is 6.92 Å². The fourth-order valence-corrected chi connectivity index (χ4v) is 1.38. The van der Waals surface area contributed by atoms with Crippen molar-refractivity contribution < 1.29 is 9.09 Å². The molecule has 0 aromatic carbocycles. The molecule has 0 aliphatic rings. The molecule has 0 rings (SSSR count). The van der Waals surface area contributed by atoms with E-state index in [1.807, 2.05) is 0 Å². The lowest BCUT2D eigenvalue weighted by Crippen LogP contribution is -1.82. The van der Waals surface area contributed by atoms with Crippen LogP contribution in [0.4, 0.5) is 0 Å². The summed E-state index contributed by atoms with van der Waals surface area (Å²) in [5.74, 6) is 1.37. The van der Waals surface area contributed by atoms with Gasteiger partial charge in [0.1, 0.15) is 0 Å². The summed E-state index contributed by atoms with van der Waals surface area (Å²) in [6, 6.07) is 0. The van der Waals surface area contributed by atoms with Crippen molar-refractivity contribution in [1.29, 1.82) is 0 Å². The van der Waals surface area contributed by atoms with E-state index in [0.29, 0.717) is 6.61 Å². The maximum Gasteiger partial charge on any atom is 0.229 e. The zero-order chi connectivity index (χ0) is 7.33. The van der Waals surface area contributed by atoms with Crippen LogP contribution in [0.25, 0.3) is 0 Å². The van der Waals surface area contributed by atoms with Crippen LogP contribution in [0.2, 0.25) is 0 Å². The van der Waals surface area contributed by atoms with Crippen molar-refractivity contribution in [2.75, 3.05) is 13.3 Å². The molecule has 0 aromatic rings. The van der Waals surface area contributed by atoms with Crippen molar-refractivity contribution in [3.05, 3.63) is 18.1 Å². The van der Waals surface area contributed by atoms with Gasteiger partial charge in [-0.25, -0.2) is 0 Å². The van der Waals surface area contributed by atoms with Gasteiger partial charge in [0.2, 0.25) is 7.37 Å². The Kier molecular flexibility index (Phi) is 3.56. The maximum atomic E-state index is 11.0. The lowest BCUT2D eigenvalue weighted by Gasteiger charge is -2.03. The normalized spacial score (nSPS) is 15.8. The van der Waals surface area contributed by atoms with Gasteiger partial charge in [-0.15, -0.1) is 5.73 Å². The van der Waals surface area contributed by atoms with E-state index in [4.69, 9.17) is 4.52 Å². The number of hydrogen-bond donors (Lipinski definition) is 0. The van der Waals surface area contributed by atoms with Crippen molar-refractivity contribution in [2.24, 2.45) is 0 Å². The summed E-state index contributed by atoms with van der Waals surface area (Å²) >= 11 is 0. The van der Waals surface area contributed by atoms with Gasteiger partial charge in [-0.1, -0.05) is 6.58 Å². The molecule has 9 heavy (non-hydrogen) atoms. The minimum absolute atomic E-state index is 0.464. The van der Waals surface area contributed by atoms with E-state index in [2.05, 4.69) is 12.3 Å². The zero-order valence-corrected chi connectivity index (χ0v) is 6.65. The first kappa shape index (κ1) is 8.71. The summed E-state index contributed by atoms with van der Waals surface area (Å²) in [6.07, 6.45) is 0. The molecule has 0 saturated carbocycles. The topological polar surface area (TPSA) is 26.3 Å². The van der Waals surface area contributed by atoms with E-state index < -0.39 is 7.37 Å². The number of hydrogen-bond acceptors (Lipinski definition) is 2. The van der Waals surface area contributed by atoms with Gasteiger partial charge < -0.3 is 4.52 Å². The molecule has 0 heterocycles. The Balaban J connectivity index is 4.03. The minimum Gasteiger partial charge on any atom is -0.326 e. The van der Waals surface area contributed by atoms with Crippen molar-refractivity contribution >= 4 is 7.37 Å². The first-order chi connectivity index (χ1) is 4.12. The van der Waals surface area contributed by atoms with Crippen LogP contribution in [-0.4, -0.2) is 13.3 Å². The van der Waals surface area contributed by atoms with E-state index in [9.17, 15) is 4.57 Å². The Morgan fingerprint density at radius 1 is 1.89 bits per heavy atom. The average Bonchev–Trinajstić information content (AvgIpc) is 1.64. The molecule has 52 valence electrons. The first-order valence-electron chi connectivity index (χ1n) is 2.71. The monoisotopic (exact) mass is 146 g/mol. The van der Waals surface area contributed by atoms with Gasteiger partial charge in [0.05, 0.1) is 6.61 Å². The van der Waals surface area contributed by atoms with E-state index in [0.717, 1.165) is 0 Å². The highest BCUT2D eigenvalue weighted by Crippen LogP contribution is 2.43. The molecular formula is C6H11O2P. The van der Waals surface area contributed by atoms with Gasteiger partial charge in [0.25, 0.3) is 0 Å². The molecule has 0 saturated heterocycles. The maximum absolute atomic E-state index is 11.0. The summed E-state index contributed by atoms with van der Waals surface area (Å²) in [5, 5.41) is 0. The van der Waals surface area contributed by atoms with Crippen molar-refractivity contribution in [1.82, 2.24) is 0 Å². The molecule has 1 atom stereocenters. The van der Waals surface area contributed by atoms with Crippen LogP contribution in [0.1, 0.15) is 6.92 Å². The lowest BCUT2D eigenvalue weighted by atomic mass is 10.9. The third kappa shape index (κ3) is 4.23. The van der Waals surface area contributed by atoms with Crippen LogP contribution in [0.3, 0.4) is 0 Å². The van der Waals surface area contributed by atoms with Gasteiger partial charge >= 0.3 is 0 Å². The Labute approximate surface area is 55.7 Å². The summed E-state index contributed by atoms with van der Waals surface area (Å²) in [4.78, 5) is 0. The second-order valence-corrected chi connectivity index (χ2v) is 3.99. The lowest BCUT2D eigenvalue weighted by molar-refractivity contribution is 0.344. The molecule has 0 spiro atoms. The Morgan fingerprint density at radius 3 is 2.78 bits per heavy atom. The third-order valence-corrected chi connectivity index (χ3v) is 2.13. The molecule has 0 bridgehead atoms. The van der Waals surface area contributed by atoms with E-state index in [1.54, 1.807) is 6.92 Å². The molecule has 0 amide bonds. The highest BCUT2D eigenvalue weighted by molar-refractivity contribution is 7.61. The molecule has 1 unspecified atom stereocenters. The van der Waals surface area contributed by atoms with Gasteiger partial charge in [0.15, 0.2) is 0 Å². The molecule has 0 aliphatic heterocycles. The predicted octanol–water partition coefficient (Wildman–Crippen LogP) is 2.23. The van der Waals surface area contributed by atoms with Gasteiger partial charge in [0, 0.05) is 12.5 Å². The standard InChI is InChI=1S/C6H11O2P/c1-4-6-9(3,7)8-5-2/h6H,1,5H2,2-3H3. The first-order valence-corrected chi connectivity index (χ1v) is 4.85. The van der Waals surface area contributed by atoms with Crippen molar-refractivity contribution in [3.8, 4) is 0 Å². The summed E-state index contributed by atoms with van der Waals surface area (Å²) in [7, 11) is -2.49. The van der Waals surface area contributed by atoms with E-state index >= 15 is 0 Å². The fraction of sp³-hybridized carbons (Fsp3) is 0.500. The van der Waals surface area contributed by atoms with E-state index in [1.165, 1.54) is 12.5 Å². The Hall–Kier alpha value is -0.290. The molecule has 0 aliphatic carbocycles.